The summed E-state index contributed by atoms with van der Waals surface area (Å²) in [5.74, 6) is -0.306. The second-order valence-corrected chi connectivity index (χ2v) is 5.28. The molecule has 0 aromatic heterocycles. The van der Waals surface area contributed by atoms with Crippen LogP contribution in [-0.2, 0) is 6.42 Å². The van der Waals surface area contributed by atoms with Gasteiger partial charge in [-0.1, -0.05) is 46.3 Å². The standard InChI is InChI=1S/C15H12BrF3O2/c16-13-4-2-1-3-11(13)9-14(20)10-5-7-12(8-6-10)21-15(17,18)19/h1-8,14,20H,9H2. The molecule has 0 aliphatic heterocycles. The molecule has 0 heterocycles. The second kappa shape index (κ2) is 6.49. The van der Waals surface area contributed by atoms with Crippen molar-refractivity contribution in [2.24, 2.45) is 0 Å². The number of halogens is 4. The molecule has 0 fully saturated rings. The third-order valence-corrected chi connectivity index (χ3v) is 3.64. The molecule has 112 valence electrons. The van der Waals surface area contributed by atoms with Crippen molar-refractivity contribution in [3.8, 4) is 5.75 Å². The maximum atomic E-state index is 12.1. The third kappa shape index (κ3) is 4.75. The fraction of sp³-hybridized carbons (Fsp3) is 0.200. The number of benzene rings is 2. The quantitative estimate of drug-likeness (QED) is 0.861. The summed E-state index contributed by atoms with van der Waals surface area (Å²) in [4.78, 5) is 0. The summed E-state index contributed by atoms with van der Waals surface area (Å²) in [6.45, 7) is 0. The Balaban J connectivity index is 2.06. The van der Waals surface area contributed by atoms with Crippen molar-refractivity contribution in [1.82, 2.24) is 0 Å². The van der Waals surface area contributed by atoms with Crippen LogP contribution in [0.15, 0.2) is 53.0 Å². The first-order valence-electron chi connectivity index (χ1n) is 6.12. The zero-order chi connectivity index (χ0) is 15.5. The van der Waals surface area contributed by atoms with Crippen molar-refractivity contribution in [3.05, 3.63) is 64.1 Å². The summed E-state index contributed by atoms with van der Waals surface area (Å²) < 4.78 is 40.8. The molecule has 2 aromatic carbocycles. The van der Waals surface area contributed by atoms with E-state index in [-0.39, 0.29) is 5.75 Å². The number of alkyl halides is 3. The third-order valence-electron chi connectivity index (χ3n) is 2.87. The van der Waals surface area contributed by atoms with Crippen molar-refractivity contribution in [3.63, 3.8) is 0 Å². The van der Waals surface area contributed by atoms with Crippen LogP contribution in [0.25, 0.3) is 0 Å². The van der Waals surface area contributed by atoms with Gasteiger partial charge in [-0.3, -0.25) is 0 Å². The average molecular weight is 361 g/mol. The first-order chi connectivity index (χ1) is 9.85. The zero-order valence-electron chi connectivity index (χ0n) is 10.8. The molecule has 0 aliphatic rings. The highest BCUT2D eigenvalue weighted by atomic mass is 79.9. The predicted molar refractivity (Wildman–Crippen MR) is 75.9 cm³/mol. The van der Waals surface area contributed by atoms with Gasteiger partial charge in [0.25, 0.3) is 0 Å². The molecule has 0 spiro atoms. The summed E-state index contributed by atoms with van der Waals surface area (Å²) >= 11 is 3.39. The van der Waals surface area contributed by atoms with Gasteiger partial charge in [-0.2, -0.15) is 0 Å². The lowest BCUT2D eigenvalue weighted by atomic mass is 10.0. The smallest absolute Gasteiger partial charge is 0.406 e. The van der Waals surface area contributed by atoms with Gasteiger partial charge in [0.05, 0.1) is 6.10 Å². The molecular formula is C15H12BrF3O2. The van der Waals surface area contributed by atoms with E-state index in [1.165, 1.54) is 24.3 Å². The Morgan fingerprint density at radius 3 is 2.24 bits per heavy atom. The summed E-state index contributed by atoms with van der Waals surface area (Å²) in [6.07, 6.45) is -5.15. The van der Waals surface area contributed by atoms with Crippen LogP contribution in [0.3, 0.4) is 0 Å². The van der Waals surface area contributed by atoms with Gasteiger partial charge < -0.3 is 9.84 Å². The molecule has 0 saturated heterocycles. The number of aliphatic hydroxyl groups excluding tert-OH is 1. The molecule has 0 amide bonds. The second-order valence-electron chi connectivity index (χ2n) is 4.43. The molecule has 1 N–H and O–H groups in total. The van der Waals surface area contributed by atoms with E-state index in [4.69, 9.17) is 0 Å². The van der Waals surface area contributed by atoms with Crippen molar-refractivity contribution in [2.45, 2.75) is 18.9 Å². The van der Waals surface area contributed by atoms with Gasteiger partial charge in [-0.25, -0.2) is 0 Å². The Bertz CT molecular complexity index is 597. The molecule has 1 atom stereocenters. The summed E-state index contributed by atoms with van der Waals surface area (Å²) in [6, 6.07) is 12.7. The molecule has 2 nitrogen and oxygen atoms in total. The lowest BCUT2D eigenvalue weighted by Crippen LogP contribution is -2.17. The van der Waals surface area contributed by atoms with Crippen LogP contribution in [0.2, 0.25) is 0 Å². The van der Waals surface area contributed by atoms with Crippen LogP contribution < -0.4 is 4.74 Å². The van der Waals surface area contributed by atoms with Crippen LogP contribution in [-0.4, -0.2) is 11.5 Å². The molecule has 0 aliphatic carbocycles. The van der Waals surface area contributed by atoms with E-state index >= 15 is 0 Å². The molecular weight excluding hydrogens is 349 g/mol. The minimum atomic E-state index is -4.71. The Labute approximate surface area is 128 Å². The normalized spacial score (nSPS) is 13.0. The fourth-order valence-corrected chi connectivity index (χ4v) is 2.33. The summed E-state index contributed by atoms with van der Waals surface area (Å²) in [5.41, 5.74) is 1.45. The van der Waals surface area contributed by atoms with Crippen molar-refractivity contribution in [2.75, 3.05) is 0 Å². The van der Waals surface area contributed by atoms with E-state index in [0.29, 0.717) is 12.0 Å². The Kier molecular flexibility index (Phi) is 4.90. The van der Waals surface area contributed by atoms with Crippen LogP contribution in [0.1, 0.15) is 17.2 Å². The Hall–Kier alpha value is -1.53. The van der Waals surface area contributed by atoms with Gasteiger partial charge in [0, 0.05) is 10.9 Å². The highest BCUT2D eigenvalue weighted by molar-refractivity contribution is 9.10. The van der Waals surface area contributed by atoms with E-state index < -0.39 is 12.5 Å². The van der Waals surface area contributed by atoms with E-state index in [1.807, 2.05) is 24.3 Å². The molecule has 0 radical (unpaired) electrons. The highest BCUT2D eigenvalue weighted by Gasteiger charge is 2.31. The molecule has 0 saturated carbocycles. The molecule has 2 rings (SSSR count). The first-order valence-corrected chi connectivity index (χ1v) is 6.91. The van der Waals surface area contributed by atoms with E-state index in [2.05, 4.69) is 20.7 Å². The lowest BCUT2D eigenvalue weighted by Gasteiger charge is -2.14. The SMILES string of the molecule is OC(Cc1ccccc1Br)c1ccc(OC(F)(F)F)cc1. The first kappa shape index (κ1) is 15.9. The number of ether oxygens (including phenoxy) is 1. The molecule has 21 heavy (non-hydrogen) atoms. The van der Waals surface area contributed by atoms with Crippen molar-refractivity contribution in [1.29, 1.82) is 0 Å². The summed E-state index contributed by atoms with van der Waals surface area (Å²) in [7, 11) is 0. The average Bonchev–Trinajstić information content (AvgIpc) is 2.40. The zero-order valence-corrected chi connectivity index (χ0v) is 12.4. The van der Waals surface area contributed by atoms with Crippen molar-refractivity contribution >= 4 is 15.9 Å². The van der Waals surface area contributed by atoms with Crippen molar-refractivity contribution < 1.29 is 23.0 Å². The summed E-state index contributed by atoms with van der Waals surface area (Å²) in [5, 5.41) is 10.1. The number of hydrogen-bond acceptors (Lipinski definition) is 2. The number of hydrogen-bond donors (Lipinski definition) is 1. The van der Waals surface area contributed by atoms with Gasteiger partial charge in [-0.15, -0.1) is 13.2 Å². The minimum absolute atomic E-state index is 0.306. The van der Waals surface area contributed by atoms with Gasteiger partial charge >= 0.3 is 6.36 Å². The van der Waals surface area contributed by atoms with Crippen LogP contribution in [0, 0.1) is 0 Å². The van der Waals surface area contributed by atoms with E-state index in [9.17, 15) is 18.3 Å². The number of aliphatic hydroxyl groups is 1. The lowest BCUT2D eigenvalue weighted by molar-refractivity contribution is -0.274. The largest absolute Gasteiger partial charge is 0.573 e. The molecule has 6 heteroatoms. The fourth-order valence-electron chi connectivity index (χ4n) is 1.88. The Morgan fingerprint density at radius 1 is 1.05 bits per heavy atom. The minimum Gasteiger partial charge on any atom is -0.406 e. The predicted octanol–water partition coefficient (Wildman–Crippen LogP) is 4.62. The van der Waals surface area contributed by atoms with E-state index in [0.717, 1.165) is 10.0 Å². The van der Waals surface area contributed by atoms with Gasteiger partial charge in [0.1, 0.15) is 5.75 Å². The molecule has 1 unspecified atom stereocenters. The monoisotopic (exact) mass is 360 g/mol. The maximum absolute atomic E-state index is 12.1. The van der Waals surface area contributed by atoms with E-state index in [1.54, 1.807) is 0 Å². The highest BCUT2D eigenvalue weighted by Crippen LogP contribution is 2.27. The van der Waals surface area contributed by atoms with Crippen LogP contribution >= 0.6 is 15.9 Å². The van der Waals surface area contributed by atoms with Crippen LogP contribution in [0.5, 0.6) is 5.75 Å². The molecule has 0 bridgehead atoms. The van der Waals surface area contributed by atoms with Gasteiger partial charge in [0.15, 0.2) is 0 Å². The Morgan fingerprint density at radius 2 is 1.67 bits per heavy atom. The number of rotatable bonds is 4. The van der Waals surface area contributed by atoms with Crippen LogP contribution in [0.4, 0.5) is 13.2 Å². The molecule has 2 aromatic rings. The van der Waals surface area contributed by atoms with Gasteiger partial charge in [-0.05, 0) is 29.3 Å². The van der Waals surface area contributed by atoms with Gasteiger partial charge in [0.2, 0.25) is 0 Å². The maximum Gasteiger partial charge on any atom is 0.573 e. The topological polar surface area (TPSA) is 29.5 Å².